The summed E-state index contributed by atoms with van der Waals surface area (Å²) < 4.78 is 5.73. The molecule has 0 aliphatic carbocycles. The Morgan fingerprint density at radius 1 is 1.00 bits per heavy atom. The minimum atomic E-state index is -0.121. The van der Waals surface area contributed by atoms with E-state index in [1.807, 2.05) is 49.4 Å². The van der Waals surface area contributed by atoms with Crippen LogP contribution >= 0.6 is 11.6 Å². The Hall–Kier alpha value is -2.52. The monoisotopic (exact) mass is 367 g/mol. The average Bonchev–Trinajstić information content (AvgIpc) is 2.67. The van der Waals surface area contributed by atoms with Gasteiger partial charge < -0.3 is 10.1 Å². The number of nitrogens with one attached hydrogen (secondary N) is 1. The van der Waals surface area contributed by atoms with Crippen LogP contribution in [0.25, 0.3) is 10.8 Å². The molecule has 3 aromatic carbocycles. The van der Waals surface area contributed by atoms with E-state index in [1.165, 1.54) is 5.56 Å². The van der Waals surface area contributed by atoms with Gasteiger partial charge in [0.25, 0.3) is 5.91 Å². The molecule has 3 rings (SSSR count). The average molecular weight is 368 g/mol. The molecule has 1 N–H and O–H groups in total. The summed E-state index contributed by atoms with van der Waals surface area (Å²) in [6, 6.07) is 21.7. The molecule has 0 fully saturated rings. The summed E-state index contributed by atoms with van der Waals surface area (Å²) in [4.78, 5) is 12.2. The number of halogens is 1. The predicted molar refractivity (Wildman–Crippen MR) is 107 cm³/mol. The van der Waals surface area contributed by atoms with E-state index in [1.54, 1.807) is 12.1 Å². The standard InChI is InChI=1S/C22H22ClNO2/c1-16(11-12-17-7-3-2-4-8-17)24-22(25)15-26-21-14-13-20(23)18-9-5-6-10-19(18)21/h2-10,13-14,16H,11-12,15H2,1H3,(H,24,25)/t16-/m0/s1. The number of hydrogen-bond acceptors (Lipinski definition) is 2. The van der Waals surface area contributed by atoms with Gasteiger partial charge in [0.2, 0.25) is 0 Å². The third-order valence-corrected chi connectivity index (χ3v) is 4.64. The molecule has 0 bridgehead atoms. The van der Waals surface area contributed by atoms with Crippen LogP contribution in [0.5, 0.6) is 5.75 Å². The molecule has 3 nitrogen and oxygen atoms in total. The number of benzene rings is 3. The van der Waals surface area contributed by atoms with E-state index in [0.29, 0.717) is 10.8 Å². The second kappa shape index (κ2) is 8.72. The summed E-state index contributed by atoms with van der Waals surface area (Å²) in [5, 5.41) is 5.49. The first-order valence-corrected chi connectivity index (χ1v) is 9.14. The maximum Gasteiger partial charge on any atom is 0.258 e. The summed E-state index contributed by atoms with van der Waals surface area (Å²) >= 11 is 6.21. The molecule has 0 aliphatic rings. The lowest BCUT2D eigenvalue weighted by atomic mass is 10.1. The third kappa shape index (κ3) is 4.77. The van der Waals surface area contributed by atoms with Crippen LogP contribution in [0.1, 0.15) is 18.9 Å². The molecule has 134 valence electrons. The van der Waals surface area contributed by atoms with Crippen molar-refractivity contribution in [2.75, 3.05) is 6.61 Å². The van der Waals surface area contributed by atoms with Crippen molar-refractivity contribution in [2.45, 2.75) is 25.8 Å². The fourth-order valence-electron chi connectivity index (χ4n) is 2.92. The molecular weight excluding hydrogens is 346 g/mol. The van der Waals surface area contributed by atoms with Gasteiger partial charge in [0.1, 0.15) is 5.75 Å². The number of rotatable bonds is 7. The second-order valence-corrected chi connectivity index (χ2v) is 6.78. The van der Waals surface area contributed by atoms with Crippen molar-refractivity contribution in [2.24, 2.45) is 0 Å². The zero-order valence-corrected chi connectivity index (χ0v) is 15.5. The first kappa shape index (κ1) is 18.3. The quantitative estimate of drug-likeness (QED) is 0.637. The van der Waals surface area contributed by atoms with Gasteiger partial charge in [-0.15, -0.1) is 0 Å². The number of aryl methyl sites for hydroxylation is 1. The minimum absolute atomic E-state index is 0.0126. The largest absolute Gasteiger partial charge is 0.483 e. The van der Waals surface area contributed by atoms with Crippen LogP contribution < -0.4 is 10.1 Å². The lowest BCUT2D eigenvalue weighted by Crippen LogP contribution is -2.36. The fourth-order valence-corrected chi connectivity index (χ4v) is 3.15. The molecule has 0 spiro atoms. The topological polar surface area (TPSA) is 38.3 Å². The highest BCUT2D eigenvalue weighted by atomic mass is 35.5. The maximum absolute atomic E-state index is 12.2. The smallest absolute Gasteiger partial charge is 0.258 e. The molecule has 26 heavy (non-hydrogen) atoms. The van der Waals surface area contributed by atoms with Crippen molar-refractivity contribution >= 4 is 28.3 Å². The number of hydrogen-bond donors (Lipinski definition) is 1. The van der Waals surface area contributed by atoms with E-state index < -0.39 is 0 Å². The molecule has 0 radical (unpaired) electrons. The number of fused-ring (bicyclic) bond motifs is 1. The van der Waals surface area contributed by atoms with E-state index in [9.17, 15) is 4.79 Å². The fraction of sp³-hybridized carbons (Fsp3) is 0.227. The summed E-state index contributed by atoms with van der Waals surface area (Å²) in [5.41, 5.74) is 1.28. The van der Waals surface area contributed by atoms with Crippen LogP contribution in [-0.4, -0.2) is 18.6 Å². The van der Waals surface area contributed by atoms with Gasteiger partial charge >= 0.3 is 0 Å². The number of carbonyl (C=O) groups excluding carboxylic acids is 1. The SMILES string of the molecule is C[C@@H](CCc1ccccc1)NC(=O)COc1ccc(Cl)c2ccccc12. The summed E-state index contributed by atoms with van der Waals surface area (Å²) in [6.07, 6.45) is 1.82. The Labute approximate surface area is 158 Å². The lowest BCUT2D eigenvalue weighted by Gasteiger charge is -2.15. The van der Waals surface area contributed by atoms with Crippen LogP contribution in [0.15, 0.2) is 66.7 Å². The van der Waals surface area contributed by atoms with Gasteiger partial charge in [-0.1, -0.05) is 66.2 Å². The first-order chi connectivity index (χ1) is 12.6. The normalized spacial score (nSPS) is 11.9. The van der Waals surface area contributed by atoms with Gasteiger partial charge in [0.15, 0.2) is 6.61 Å². The Morgan fingerprint density at radius 3 is 2.46 bits per heavy atom. The van der Waals surface area contributed by atoms with Crippen LogP contribution in [0.4, 0.5) is 0 Å². The zero-order valence-electron chi connectivity index (χ0n) is 14.7. The van der Waals surface area contributed by atoms with E-state index >= 15 is 0 Å². The Kier molecular flexibility index (Phi) is 6.13. The molecule has 0 saturated heterocycles. The highest BCUT2D eigenvalue weighted by molar-refractivity contribution is 6.35. The molecule has 0 aliphatic heterocycles. The van der Waals surface area contributed by atoms with E-state index in [0.717, 1.165) is 23.6 Å². The van der Waals surface area contributed by atoms with Gasteiger partial charge in [-0.3, -0.25) is 4.79 Å². The molecule has 0 saturated carbocycles. The van der Waals surface area contributed by atoms with E-state index in [4.69, 9.17) is 16.3 Å². The van der Waals surface area contributed by atoms with Crippen molar-refractivity contribution in [1.82, 2.24) is 5.32 Å². The van der Waals surface area contributed by atoms with Crippen molar-refractivity contribution in [3.63, 3.8) is 0 Å². The predicted octanol–water partition coefficient (Wildman–Crippen LogP) is 5.01. The summed E-state index contributed by atoms with van der Waals surface area (Å²) in [5.74, 6) is 0.543. The molecule has 1 atom stereocenters. The second-order valence-electron chi connectivity index (χ2n) is 6.37. The van der Waals surface area contributed by atoms with E-state index in [2.05, 4.69) is 17.4 Å². The molecular formula is C22H22ClNO2. The van der Waals surface area contributed by atoms with Crippen LogP contribution in [0.2, 0.25) is 5.02 Å². The first-order valence-electron chi connectivity index (χ1n) is 8.77. The Morgan fingerprint density at radius 2 is 1.69 bits per heavy atom. The van der Waals surface area contributed by atoms with Crippen LogP contribution in [0, 0.1) is 0 Å². The lowest BCUT2D eigenvalue weighted by molar-refractivity contribution is -0.123. The Balaban J connectivity index is 1.52. The zero-order chi connectivity index (χ0) is 18.4. The molecule has 1 amide bonds. The highest BCUT2D eigenvalue weighted by Crippen LogP contribution is 2.31. The van der Waals surface area contributed by atoms with Gasteiger partial charge in [-0.05, 0) is 37.5 Å². The molecule has 3 aromatic rings. The molecule has 4 heteroatoms. The summed E-state index contributed by atoms with van der Waals surface area (Å²) in [7, 11) is 0. The van der Waals surface area contributed by atoms with Gasteiger partial charge in [-0.25, -0.2) is 0 Å². The summed E-state index contributed by atoms with van der Waals surface area (Å²) in [6.45, 7) is 2.00. The van der Waals surface area contributed by atoms with Crippen LogP contribution in [-0.2, 0) is 11.2 Å². The van der Waals surface area contributed by atoms with Crippen molar-refractivity contribution < 1.29 is 9.53 Å². The van der Waals surface area contributed by atoms with Gasteiger partial charge in [0.05, 0.1) is 0 Å². The van der Waals surface area contributed by atoms with Gasteiger partial charge in [-0.2, -0.15) is 0 Å². The minimum Gasteiger partial charge on any atom is -0.483 e. The Bertz CT molecular complexity index is 880. The highest BCUT2D eigenvalue weighted by Gasteiger charge is 2.10. The third-order valence-electron chi connectivity index (χ3n) is 4.31. The number of ether oxygens (including phenoxy) is 1. The number of amides is 1. The van der Waals surface area contributed by atoms with Crippen LogP contribution in [0.3, 0.4) is 0 Å². The molecule has 0 aromatic heterocycles. The van der Waals surface area contributed by atoms with Crippen molar-refractivity contribution in [3.8, 4) is 5.75 Å². The molecule has 0 heterocycles. The molecule has 0 unspecified atom stereocenters. The van der Waals surface area contributed by atoms with Crippen molar-refractivity contribution in [1.29, 1.82) is 0 Å². The van der Waals surface area contributed by atoms with Crippen molar-refractivity contribution in [3.05, 3.63) is 77.3 Å². The van der Waals surface area contributed by atoms with Gasteiger partial charge in [0, 0.05) is 21.8 Å². The maximum atomic E-state index is 12.2. The number of carbonyl (C=O) groups is 1. The van der Waals surface area contributed by atoms with E-state index in [-0.39, 0.29) is 18.6 Å².